The zero-order valence-electron chi connectivity index (χ0n) is 12.1. The van der Waals surface area contributed by atoms with Crippen LogP contribution in [-0.4, -0.2) is 29.1 Å². The third-order valence-electron chi connectivity index (χ3n) is 2.90. The molecule has 0 amide bonds. The molecule has 1 heterocycles. The molecule has 0 atom stereocenters. The van der Waals surface area contributed by atoms with Crippen LogP contribution < -0.4 is 10.2 Å². The first kappa shape index (κ1) is 14.7. The molecule has 1 aromatic heterocycles. The Morgan fingerprint density at radius 3 is 2.67 bits per heavy atom. The number of nitrogens with one attached hydrogen (secondary N) is 1. The average Bonchev–Trinajstić information content (AvgIpc) is 2.35. The van der Waals surface area contributed by atoms with Crippen molar-refractivity contribution in [3.63, 3.8) is 0 Å². The molecule has 0 aliphatic heterocycles. The molecule has 18 heavy (non-hydrogen) atoms. The standard InChI is InChI=1S/C14H26N4/c1-5-7-8-11-18(12(3)4)13-9-10-16-14(17-13)15-6-2/h9-10,12H,5-8,11H2,1-4H3,(H,15,16,17). The summed E-state index contributed by atoms with van der Waals surface area (Å²) in [5.74, 6) is 1.74. The Labute approximate surface area is 111 Å². The molecule has 0 unspecified atom stereocenters. The molecule has 0 spiro atoms. The fraction of sp³-hybridized carbons (Fsp3) is 0.714. The summed E-state index contributed by atoms with van der Waals surface area (Å²) < 4.78 is 0. The lowest BCUT2D eigenvalue weighted by molar-refractivity contribution is 0.619. The van der Waals surface area contributed by atoms with Crippen molar-refractivity contribution in [2.75, 3.05) is 23.3 Å². The number of nitrogens with zero attached hydrogens (tertiary/aromatic N) is 3. The summed E-state index contributed by atoms with van der Waals surface area (Å²) in [5, 5.41) is 3.16. The third kappa shape index (κ3) is 4.51. The van der Waals surface area contributed by atoms with Crippen molar-refractivity contribution in [3.8, 4) is 0 Å². The van der Waals surface area contributed by atoms with Gasteiger partial charge in [-0.1, -0.05) is 19.8 Å². The highest BCUT2D eigenvalue weighted by Gasteiger charge is 2.12. The maximum Gasteiger partial charge on any atom is 0.224 e. The molecule has 0 saturated heterocycles. The lowest BCUT2D eigenvalue weighted by atomic mass is 10.2. The second-order valence-electron chi connectivity index (χ2n) is 4.76. The Morgan fingerprint density at radius 2 is 2.06 bits per heavy atom. The van der Waals surface area contributed by atoms with Crippen LogP contribution in [-0.2, 0) is 0 Å². The topological polar surface area (TPSA) is 41.1 Å². The van der Waals surface area contributed by atoms with E-state index in [9.17, 15) is 0 Å². The van der Waals surface area contributed by atoms with Crippen LogP contribution in [0.15, 0.2) is 12.3 Å². The van der Waals surface area contributed by atoms with Gasteiger partial charge in [-0.2, -0.15) is 4.98 Å². The van der Waals surface area contributed by atoms with Gasteiger partial charge in [0.2, 0.25) is 5.95 Å². The Hall–Kier alpha value is -1.32. The number of rotatable bonds is 8. The van der Waals surface area contributed by atoms with Crippen LogP contribution in [0.3, 0.4) is 0 Å². The van der Waals surface area contributed by atoms with Crippen LogP contribution in [0.4, 0.5) is 11.8 Å². The molecule has 0 radical (unpaired) electrons. The van der Waals surface area contributed by atoms with Crippen molar-refractivity contribution in [1.82, 2.24) is 9.97 Å². The van der Waals surface area contributed by atoms with E-state index in [1.807, 2.05) is 12.3 Å². The van der Waals surface area contributed by atoms with Crippen molar-refractivity contribution >= 4 is 11.8 Å². The molecule has 1 rings (SSSR count). The first-order valence-corrected chi connectivity index (χ1v) is 7.02. The molecule has 1 N–H and O–H groups in total. The maximum absolute atomic E-state index is 4.57. The third-order valence-corrected chi connectivity index (χ3v) is 2.90. The minimum atomic E-state index is 0.464. The molecule has 102 valence electrons. The zero-order chi connectivity index (χ0) is 13.4. The van der Waals surface area contributed by atoms with Crippen LogP contribution in [0, 0.1) is 0 Å². The van der Waals surface area contributed by atoms with Crippen molar-refractivity contribution in [2.45, 2.75) is 53.0 Å². The van der Waals surface area contributed by atoms with E-state index in [2.05, 4.69) is 47.9 Å². The monoisotopic (exact) mass is 250 g/mol. The summed E-state index contributed by atoms with van der Waals surface area (Å²) in [6.45, 7) is 10.6. The lowest BCUT2D eigenvalue weighted by Crippen LogP contribution is -2.32. The lowest BCUT2D eigenvalue weighted by Gasteiger charge is -2.28. The normalized spacial score (nSPS) is 10.7. The van der Waals surface area contributed by atoms with Gasteiger partial charge in [0.25, 0.3) is 0 Å². The van der Waals surface area contributed by atoms with Gasteiger partial charge >= 0.3 is 0 Å². The van der Waals surface area contributed by atoms with Crippen molar-refractivity contribution in [2.24, 2.45) is 0 Å². The molecule has 0 fully saturated rings. The van der Waals surface area contributed by atoms with Gasteiger partial charge in [-0.25, -0.2) is 4.98 Å². The van der Waals surface area contributed by atoms with Crippen LogP contribution in [0.25, 0.3) is 0 Å². The van der Waals surface area contributed by atoms with Gasteiger partial charge in [0, 0.05) is 25.3 Å². The van der Waals surface area contributed by atoms with E-state index in [1.165, 1.54) is 19.3 Å². The molecular weight excluding hydrogens is 224 g/mol. The largest absolute Gasteiger partial charge is 0.354 e. The Bertz CT molecular complexity index is 338. The highest BCUT2D eigenvalue weighted by Crippen LogP contribution is 2.16. The average molecular weight is 250 g/mol. The Balaban J connectivity index is 2.74. The van der Waals surface area contributed by atoms with Crippen molar-refractivity contribution < 1.29 is 0 Å². The zero-order valence-corrected chi connectivity index (χ0v) is 12.1. The van der Waals surface area contributed by atoms with E-state index in [0.29, 0.717) is 6.04 Å². The fourth-order valence-electron chi connectivity index (χ4n) is 1.92. The molecule has 0 aliphatic rings. The molecule has 1 aromatic rings. The molecule has 4 nitrogen and oxygen atoms in total. The molecule has 0 aromatic carbocycles. The van der Waals surface area contributed by atoms with Crippen molar-refractivity contribution in [1.29, 1.82) is 0 Å². The molecule has 0 saturated carbocycles. The number of anilines is 2. The Morgan fingerprint density at radius 1 is 1.28 bits per heavy atom. The summed E-state index contributed by atoms with van der Waals surface area (Å²) in [5.41, 5.74) is 0. The number of hydrogen-bond acceptors (Lipinski definition) is 4. The van der Waals surface area contributed by atoms with E-state index in [4.69, 9.17) is 0 Å². The van der Waals surface area contributed by atoms with E-state index < -0.39 is 0 Å². The summed E-state index contributed by atoms with van der Waals surface area (Å²) in [6, 6.07) is 2.46. The van der Waals surface area contributed by atoms with Gasteiger partial charge in [-0.3, -0.25) is 0 Å². The smallest absolute Gasteiger partial charge is 0.224 e. The first-order chi connectivity index (χ1) is 8.69. The second kappa shape index (κ2) is 7.90. The number of unbranched alkanes of at least 4 members (excludes halogenated alkanes) is 2. The maximum atomic E-state index is 4.57. The van der Waals surface area contributed by atoms with E-state index >= 15 is 0 Å². The summed E-state index contributed by atoms with van der Waals surface area (Å²) in [4.78, 5) is 11.1. The highest BCUT2D eigenvalue weighted by atomic mass is 15.2. The minimum absolute atomic E-state index is 0.464. The highest BCUT2D eigenvalue weighted by molar-refractivity contribution is 5.43. The summed E-state index contributed by atoms with van der Waals surface area (Å²) in [7, 11) is 0. The van der Waals surface area contributed by atoms with E-state index in [1.54, 1.807) is 0 Å². The van der Waals surface area contributed by atoms with E-state index in [-0.39, 0.29) is 0 Å². The van der Waals surface area contributed by atoms with Gasteiger partial charge in [-0.15, -0.1) is 0 Å². The summed E-state index contributed by atoms with van der Waals surface area (Å²) in [6.07, 6.45) is 5.57. The Kier molecular flexibility index (Phi) is 6.47. The molecule has 0 bridgehead atoms. The molecule has 0 aliphatic carbocycles. The van der Waals surface area contributed by atoms with E-state index in [0.717, 1.165) is 24.9 Å². The van der Waals surface area contributed by atoms with Crippen molar-refractivity contribution in [3.05, 3.63) is 12.3 Å². The SMILES string of the molecule is CCCCCN(c1ccnc(NCC)n1)C(C)C. The molecule has 4 heteroatoms. The number of hydrogen-bond donors (Lipinski definition) is 1. The second-order valence-corrected chi connectivity index (χ2v) is 4.76. The minimum Gasteiger partial charge on any atom is -0.354 e. The quantitative estimate of drug-likeness (QED) is 0.719. The van der Waals surface area contributed by atoms with Gasteiger partial charge in [-0.05, 0) is 33.3 Å². The van der Waals surface area contributed by atoms with Gasteiger partial charge < -0.3 is 10.2 Å². The van der Waals surface area contributed by atoms with Crippen LogP contribution in [0.5, 0.6) is 0 Å². The first-order valence-electron chi connectivity index (χ1n) is 7.02. The van der Waals surface area contributed by atoms with Gasteiger partial charge in [0.15, 0.2) is 0 Å². The summed E-state index contributed by atoms with van der Waals surface area (Å²) >= 11 is 0. The fourth-order valence-corrected chi connectivity index (χ4v) is 1.92. The van der Waals surface area contributed by atoms with Crippen LogP contribution >= 0.6 is 0 Å². The predicted molar refractivity (Wildman–Crippen MR) is 78.2 cm³/mol. The van der Waals surface area contributed by atoms with Gasteiger partial charge in [0.1, 0.15) is 5.82 Å². The van der Waals surface area contributed by atoms with Crippen LogP contribution in [0.1, 0.15) is 47.0 Å². The predicted octanol–water partition coefficient (Wildman–Crippen LogP) is 3.31. The van der Waals surface area contributed by atoms with Crippen LogP contribution in [0.2, 0.25) is 0 Å². The molecular formula is C14H26N4. The van der Waals surface area contributed by atoms with Gasteiger partial charge in [0.05, 0.1) is 0 Å². The number of aromatic nitrogens is 2.